The maximum atomic E-state index is 11.4. The Morgan fingerprint density at radius 3 is 2.72 bits per heavy atom. The van der Waals surface area contributed by atoms with Gasteiger partial charge in [-0.3, -0.25) is 4.79 Å². The summed E-state index contributed by atoms with van der Waals surface area (Å²) in [6, 6.07) is 5.67. The molecule has 0 fully saturated rings. The summed E-state index contributed by atoms with van der Waals surface area (Å²) in [5.74, 6) is 3.06. The number of carbonyl (C=O) groups is 1. The van der Waals surface area contributed by atoms with Gasteiger partial charge in [-0.05, 0) is 37.3 Å². The van der Waals surface area contributed by atoms with E-state index in [4.69, 9.17) is 4.74 Å². The van der Waals surface area contributed by atoms with Crippen molar-refractivity contribution >= 4 is 17.5 Å². The van der Waals surface area contributed by atoms with Crippen LogP contribution in [-0.2, 0) is 5.75 Å². The molecule has 1 aromatic rings. The van der Waals surface area contributed by atoms with Gasteiger partial charge in [-0.15, -0.1) is 0 Å². The van der Waals surface area contributed by atoms with Crippen molar-refractivity contribution in [3.63, 3.8) is 0 Å². The number of benzene rings is 1. The number of ether oxygens (including phenoxy) is 1. The van der Waals surface area contributed by atoms with Crippen molar-refractivity contribution in [2.24, 2.45) is 0 Å². The molecule has 0 aromatic heterocycles. The van der Waals surface area contributed by atoms with E-state index in [1.54, 1.807) is 14.0 Å². The fourth-order valence-corrected chi connectivity index (χ4v) is 2.74. The monoisotopic (exact) mass is 266 g/mol. The first-order valence-corrected chi connectivity index (χ1v) is 7.60. The Labute approximate surface area is 114 Å². The van der Waals surface area contributed by atoms with Crippen molar-refractivity contribution in [1.82, 2.24) is 0 Å². The minimum absolute atomic E-state index is 0.106. The lowest BCUT2D eigenvalue weighted by atomic mass is 10.1. The first-order valence-electron chi connectivity index (χ1n) is 6.44. The Balaban J connectivity index is 2.61. The van der Waals surface area contributed by atoms with E-state index in [1.807, 2.05) is 30.0 Å². The van der Waals surface area contributed by atoms with E-state index < -0.39 is 0 Å². The molecular weight excluding hydrogens is 244 g/mol. The summed E-state index contributed by atoms with van der Waals surface area (Å²) in [5, 5.41) is 0. The zero-order valence-corrected chi connectivity index (χ0v) is 12.3. The summed E-state index contributed by atoms with van der Waals surface area (Å²) in [4.78, 5) is 11.4. The fourth-order valence-electron chi connectivity index (χ4n) is 1.75. The van der Waals surface area contributed by atoms with Gasteiger partial charge in [0, 0.05) is 16.9 Å². The lowest BCUT2D eigenvalue weighted by Gasteiger charge is -2.09. The minimum Gasteiger partial charge on any atom is -0.496 e. The van der Waals surface area contributed by atoms with Crippen LogP contribution in [0, 0.1) is 0 Å². The zero-order valence-electron chi connectivity index (χ0n) is 11.5. The first-order chi connectivity index (χ1) is 8.69. The molecule has 0 spiro atoms. The highest BCUT2D eigenvalue weighted by Gasteiger charge is 2.07. The molecule has 0 N–H and O–H groups in total. The van der Waals surface area contributed by atoms with Gasteiger partial charge in [0.1, 0.15) is 5.75 Å². The van der Waals surface area contributed by atoms with Gasteiger partial charge in [-0.2, -0.15) is 11.8 Å². The van der Waals surface area contributed by atoms with Crippen LogP contribution in [0.1, 0.15) is 49.0 Å². The standard InChI is InChI=1S/C15H22O2S/c1-4-5-6-9-18-11-14-10-13(12(2)16)7-8-15(14)17-3/h7-8,10H,4-6,9,11H2,1-3H3. The molecule has 1 rings (SSSR count). The molecule has 0 amide bonds. The van der Waals surface area contributed by atoms with E-state index in [1.165, 1.54) is 25.0 Å². The van der Waals surface area contributed by atoms with Gasteiger partial charge in [0.15, 0.2) is 5.78 Å². The Morgan fingerprint density at radius 2 is 2.11 bits per heavy atom. The average Bonchev–Trinajstić information content (AvgIpc) is 2.38. The van der Waals surface area contributed by atoms with Crippen LogP contribution in [-0.4, -0.2) is 18.6 Å². The van der Waals surface area contributed by atoms with E-state index in [2.05, 4.69) is 6.92 Å². The number of ketones is 1. The topological polar surface area (TPSA) is 26.3 Å². The SMILES string of the molecule is CCCCCSCc1cc(C(C)=O)ccc1OC. The second-order valence-corrected chi connectivity index (χ2v) is 5.45. The Morgan fingerprint density at radius 1 is 1.33 bits per heavy atom. The number of methoxy groups -OCH3 is 1. The van der Waals surface area contributed by atoms with Crippen LogP contribution in [0.3, 0.4) is 0 Å². The molecular formula is C15H22O2S. The van der Waals surface area contributed by atoms with E-state index in [-0.39, 0.29) is 5.78 Å². The van der Waals surface area contributed by atoms with Crippen molar-refractivity contribution in [3.8, 4) is 5.75 Å². The Kier molecular flexibility index (Phi) is 6.88. The van der Waals surface area contributed by atoms with Gasteiger partial charge >= 0.3 is 0 Å². The molecule has 0 bridgehead atoms. The van der Waals surface area contributed by atoms with Crippen LogP contribution in [0.15, 0.2) is 18.2 Å². The van der Waals surface area contributed by atoms with Gasteiger partial charge in [-0.25, -0.2) is 0 Å². The molecule has 100 valence electrons. The number of Topliss-reactive ketones (excluding diaryl/α,β-unsaturated/α-hetero) is 1. The number of carbonyl (C=O) groups excluding carboxylic acids is 1. The molecule has 0 aliphatic heterocycles. The Hall–Kier alpha value is -0.960. The molecule has 3 heteroatoms. The number of thioether (sulfide) groups is 1. The lowest BCUT2D eigenvalue weighted by molar-refractivity contribution is 0.101. The van der Waals surface area contributed by atoms with E-state index in [0.29, 0.717) is 0 Å². The molecule has 0 saturated carbocycles. The summed E-state index contributed by atoms with van der Waals surface area (Å²) in [6.07, 6.45) is 3.80. The normalized spacial score (nSPS) is 10.4. The summed E-state index contributed by atoms with van der Waals surface area (Å²) in [6.45, 7) is 3.81. The molecule has 0 aliphatic carbocycles. The Bertz CT molecular complexity index is 388. The first kappa shape index (κ1) is 15.1. The molecule has 0 heterocycles. The average molecular weight is 266 g/mol. The third kappa shape index (κ3) is 4.73. The van der Waals surface area contributed by atoms with E-state index >= 15 is 0 Å². The summed E-state index contributed by atoms with van der Waals surface area (Å²) >= 11 is 1.90. The molecule has 18 heavy (non-hydrogen) atoms. The van der Waals surface area contributed by atoms with Gasteiger partial charge in [0.2, 0.25) is 0 Å². The lowest BCUT2D eigenvalue weighted by Crippen LogP contribution is -1.97. The highest BCUT2D eigenvalue weighted by atomic mass is 32.2. The van der Waals surface area contributed by atoms with Crippen molar-refractivity contribution in [2.45, 2.75) is 38.9 Å². The van der Waals surface area contributed by atoms with Crippen molar-refractivity contribution < 1.29 is 9.53 Å². The number of unbranched alkanes of at least 4 members (excludes halogenated alkanes) is 2. The van der Waals surface area contributed by atoms with E-state index in [9.17, 15) is 4.79 Å². The van der Waals surface area contributed by atoms with Gasteiger partial charge in [0.05, 0.1) is 7.11 Å². The van der Waals surface area contributed by atoms with Crippen molar-refractivity contribution in [2.75, 3.05) is 12.9 Å². The molecule has 0 radical (unpaired) electrons. The largest absolute Gasteiger partial charge is 0.496 e. The number of rotatable bonds is 8. The van der Waals surface area contributed by atoms with Crippen LogP contribution in [0.2, 0.25) is 0 Å². The molecule has 2 nitrogen and oxygen atoms in total. The molecule has 0 atom stereocenters. The predicted molar refractivity (Wildman–Crippen MR) is 78.7 cm³/mol. The number of hydrogen-bond donors (Lipinski definition) is 0. The van der Waals surface area contributed by atoms with Crippen LogP contribution in [0.25, 0.3) is 0 Å². The predicted octanol–water partition coefficient (Wildman–Crippen LogP) is 4.32. The third-order valence-electron chi connectivity index (χ3n) is 2.84. The fraction of sp³-hybridized carbons (Fsp3) is 0.533. The quantitative estimate of drug-likeness (QED) is 0.518. The minimum atomic E-state index is 0.106. The second-order valence-electron chi connectivity index (χ2n) is 4.34. The number of hydrogen-bond acceptors (Lipinski definition) is 3. The molecule has 1 aromatic carbocycles. The van der Waals surface area contributed by atoms with Crippen LogP contribution in [0.4, 0.5) is 0 Å². The highest BCUT2D eigenvalue weighted by Crippen LogP contribution is 2.25. The smallest absolute Gasteiger partial charge is 0.159 e. The molecule has 0 saturated heterocycles. The third-order valence-corrected chi connectivity index (χ3v) is 3.93. The highest BCUT2D eigenvalue weighted by molar-refractivity contribution is 7.98. The summed E-state index contributed by atoms with van der Waals surface area (Å²) < 4.78 is 5.33. The van der Waals surface area contributed by atoms with Gasteiger partial charge < -0.3 is 4.74 Å². The van der Waals surface area contributed by atoms with Crippen molar-refractivity contribution in [1.29, 1.82) is 0 Å². The van der Waals surface area contributed by atoms with Crippen molar-refractivity contribution in [3.05, 3.63) is 29.3 Å². The maximum absolute atomic E-state index is 11.4. The van der Waals surface area contributed by atoms with Crippen LogP contribution >= 0.6 is 11.8 Å². The zero-order chi connectivity index (χ0) is 13.4. The summed E-state index contributed by atoms with van der Waals surface area (Å²) in [5.41, 5.74) is 1.88. The summed E-state index contributed by atoms with van der Waals surface area (Å²) in [7, 11) is 1.67. The van der Waals surface area contributed by atoms with E-state index in [0.717, 1.165) is 22.6 Å². The molecule has 0 aliphatic rings. The second kappa shape index (κ2) is 8.20. The van der Waals surface area contributed by atoms with Gasteiger partial charge in [-0.1, -0.05) is 19.8 Å². The van der Waals surface area contributed by atoms with Gasteiger partial charge in [0.25, 0.3) is 0 Å². The maximum Gasteiger partial charge on any atom is 0.159 e. The van der Waals surface area contributed by atoms with Crippen LogP contribution in [0.5, 0.6) is 5.75 Å². The van der Waals surface area contributed by atoms with Crippen LogP contribution < -0.4 is 4.74 Å². The molecule has 0 unspecified atom stereocenters.